The molecule has 3 N–H and O–H groups in total. The van der Waals surface area contributed by atoms with Gasteiger partial charge in [-0.25, -0.2) is 4.39 Å². The summed E-state index contributed by atoms with van der Waals surface area (Å²) in [5, 5.41) is 30.2. The summed E-state index contributed by atoms with van der Waals surface area (Å²) in [4.78, 5) is 0. The minimum Gasteiger partial charge on any atom is -0.506 e. The van der Waals surface area contributed by atoms with Crippen molar-refractivity contribution in [3.63, 3.8) is 0 Å². The Labute approximate surface area is 113 Å². The summed E-state index contributed by atoms with van der Waals surface area (Å²) in [5.74, 6) is -1.52. The zero-order chi connectivity index (χ0) is 14.0. The lowest BCUT2D eigenvalue weighted by molar-refractivity contribution is 0.321. The van der Waals surface area contributed by atoms with Crippen LogP contribution in [0.4, 0.5) is 4.39 Å². The molecule has 0 unspecified atom stereocenters. The van der Waals surface area contributed by atoms with E-state index in [-0.39, 0.29) is 16.3 Å². The van der Waals surface area contributed by atoms with Gasteiger partial charge in [-0.1, -0.05) is 28.9 Å². The molecular formula is C13H9ClFNO3. The quantitative estimate of drug-likeness (QED) is 0.449. The van der Waals surface area contributed by atoms with Crippen molar-refractivity contribution in [2.45, 2.75) is 0 Å². The van der Waals surface area contributed by atoms with Crippen molar-refractivity contribution in [3.05, 3.63) is 46.7 Å². The predicted octanol–water partition coefficient (Wildman–Crippen LogP) is 3.37. The third kappa shape index (κ3) is 2.46. The summed E-state index contributed by atoms with van der Waals surface area (Å²) in [7, 11) is 0. The maximum absolute atomic E-state index is 13.3. The molecule has 2 aromatic rings. The number of aromatic hydroxyl groups is 2. The van der Waals surface area contributed by atoms with E-state index in [2.05, 4.69) is 5.16 Å². The normalized spacial score (nSPS) is 11.1. The zero-order valence-electron chi connectivity index (χ0n) is 9.51. The summed E-state index contributed by atoms with van der Waals surface area (Å²) in [6.07, 6.45) is 1.03. The third-order valence-corrected chi connectivity index (χ3v) is 2.99. The molecular weight excluding hydrogens is 273 g/mol. The van der Waals surface area contributed by atoms with E-state index in [1.165, 1.54) is 18.2 Å². The van der Waals surface area contributed by atoms with Crippen LogP contribution in [0.2, 0.25) is 5.02 Å². The lowest BCUT2D eigenvalue weighted by Crippen LogP contribution is -1.88. The fourth-order valence-electron chi connectivity index (χ4n) is 1.64. The van der Waals surface area contributed by atoms with Gasteiger partial charge in [0.05, 0.1) is 11.2 Å². The number of hydrogen-bond donors (Lipinski definition) is 3. The van der Waals surface area contributed by atoms with Gasteiger partial charge >= 0.3 is 0 Å². The van der Waals surface area contributed by atoms with Crippen LogP contribution in [0, 0.1) is 5.82 Å². The van der Waals surface area contributed by atoms with Crippen LogP contribution in [0.3, 0.4) is 0 Å². The highest BCUT2D eigenvalue weighted by Gasteiger charge is 2.13. The molecule has 0 saturated heterocycles. The average molecular weight is 282 g/mol. The molecule has 0 radical (unpaired) electrons. The van der Waals surface area contributed by atoms with Crippen molar-refractivity contribution in [2.24, 2.45) is 5.16 Å². The Kier molecular flexibility index (Phi) is 3.57. The first-order valence-electron chi connectivity index (χ1n) is 5.22. The van der Waals surface area contributed by atoms with E-state index in [0.29, 0.717) is 11.1 Å². The van der Waals surface area contributed by atoms with E-state index in [1.54, 1.807) is 6.07 Å². The molecule has 0 aliphatic rings. The predicted molar refractivity (Wildman–Crippen MR) is 69.6 cm³/mol. The molecule has 0 bridgehead atoms. The second-order valence-corrected chi connectivity index (χ2v) is 4.15. The Morgan fingerprint density at radius 1 is 1.16 bits per heavy atom. The Morgan fingerprint density at radius 2 is 1.89 bits per heavy atom. The molecule has 0 heterocycles. The van der Waals surface area contributed by atoms with Gasteiger partial charge in [-0.05, 0) is 23.8 Å². The molecule has 0 aliphatic heterocycles. The number of nitrogens with zero attached hydrogens (tertiary/aromatic N) is 1. The standard InChI is InChI=1S/C13H9ClFNO3/c14-12-9(3-1-8(6-16-19)13(12)18)7-2-4-11(17)10(15)5-7/h1-6,17-19H. The Morgan fingerprint density at radius 3 is 2.53 bits per heavy atom. The number of benzene rings is 2. The molecule has 2 aromatic carbocycles. The van der Waals surface area contributed by atoms with E-state index in [1.807, 2.05) is 0 Å². The van der Waals surface area contributed by atoms with E-state index in [9.17, 15) is 9.50 Å². The molecule has 6 heteroatoms. The van der Waals surface area contributed by atoms with Gasteiger partial charge in [-0.15, -0.1) is 0 Å². The number of phenols is 2. The van der Waals surface area contributed by atoms with Gasteiger partial charge in [0, 0.05) is 11.1 Å². The number of oxime groups is 1. The summed E-state index contributed by atoms with van der Waals surface area (Å²) in [6.45, 7) is 0. The maximum Gasteiger partial charge on any atom is 0.165 e. The number of phenolic OH excluding ortho intramolecular Hbond substituents is 2. The van der Waals surface area contributed by atoms with Crippen molar-refractivity contribution in [1.82, 2.24) is 0 Å². The molecule has 98 valence electrons. The highest BCUT2D eigenvalue weighted by atomic mass is 35.5. The molecule has 0 atom stereocenters. The van der Waals surface area contributed by atoms with E-state index >= 15 is 0 Å². The molecule has 4 nitrogen and oxygen atoms in total. The monoisotopic (exact) mass is 281 g/mol. The Bertz CT molecular complexity index is 659. The molecule has 0 aliphatic carbocycles. The third-order valence-electron chi connectivity index (χ3n) is 2.60. The molecule has 0 spiro atoms. The fraction of sp³-hybridized carbons (Fsp3) is 0. The Hall–Kier alpha value is -2.27. The number of hydrogen-bond acceptors (Lipinski definition) is 4. The number of rotatable bonds is 2. The molecule has 0 saturated carbocycles. The molecule has 2 rings (SSSR count). The minimum absolute atomic E-state index is 0.00231. The van der Waals surface area contributed by atoms with Crippen molar-refractivity contribution in [3.8, 4) is 22.6 Å². The van der Waals surface area contributed by atoms with Crippen LogP contribution < -0.4 is 0 Å². The largest absolute Gasteiger partial charge is 0.506 e. The van der Waals surface area contributed by atoms with Gasteiger partial charge in [0.15, 0.2) is 11.6 Å². The lowest BCUT2D eigenvalue weighted by atomic mass is 10.0. The summed E-state index contributed by atoms with van der Waals surface area (Å²) >= 11 is 5.98. The van der Waals surface area contributed by atoms with Crippen LogP contribution in [0.5, 0.6) is 11.5 Å². The van der Waals surface area contributed by atoms with Crippen LogP contribution in [0.1, 0.15) is 5.56 Å². The van der Waals surface area contributed by atoms with E-state index in [0.717, 1.165) is 12.3 Å². The van der Waals surface area contributed by atoms with E-state index in [4.69, 9.17) is 21.9 Å². The second-order valence-electron chi connectivity index (χ2n) is 3.78. The zero-order valence-corrected chi connectivity index (χ0v) is 10.3. The summed E-state index contributed by atoms with van der Waals surface area (Å²) < 4.78 is 13.3. The van der Waals surface area contributed by atoms with Crippen molar-refractivity contribution < 1.29 is 19.8 Å². The van der Waals surface area contributed by atoms with Crippen LogP contribution in [0.15, 0.2) is 35.5 Å². The smallest absolute Gasteiger partial charge is 0.165 e. The SMILES string of the molecule is ON=Cc1ccc(-c2ccc(O)c(F)c2)c(Cl)c1O. The first kappa shape index (κ1) is 13.2. The maximum atomic E-state index is 13.3. The van der Waals surface area contributed by atoms with Gasteiger partial charge in [-0.3, -0.25) is 0 Å². The van der Waals surface area contributed by atoms with Crippen molar-refractivity contribution in [1.29, 1.82) is 0 Å². The van der Waals surface area contributed by atoms with Crippen LogP contribution in [-0.2, 0) is 0 Å². The molecule has 0 aromatic heterocycles. The topological polar surface area (TPSA) is 73.1 Å². The van der Waals surface area contributed by atoms with Gasteiger partial charge in [0.2, 0.25) is 0 Å². The van der Waals surface area contributed by atoms with Gasteiger partial charge < -0.3 is 15.4 Å². The van der Waals surface area contributed by atoms with Gasteiger partial charge in [0.1, 0.15) is 5.75 Å². The average Bonchev–Trinajstić information content (AvgIpc) is 2.39. The van der Waals surface area contributed by atoms with Crippen LogP contribution >= 0.6 is 11.6 Å². The van der Waals surface area contributed by atoms with Crippen LogP contribution in [-0.4, -0.2) is 21.6 Å². The molecule has 19 heavy (non-hydrogen) atoms. The summed E-state index contributed by atoms with van der Waals surface area (Å²) in [5.41, 5.74) is 1.03. The molecule has 0 amide bonds. The summed E-state index contributed by atoms with van der Waals surface area (Å²) in [6, 6.07) is 6.79. The number of halogens is 2. The second kappa shape index (κ2) is 5.16. The Balaban J connectivity index is 2.57. The van der Waals surface area contributed by atoms with Crippen molar-refractivity contribution in [2.75, 3.05) is 0 Å². The van der Waals surface area contributed by atoms with Gasteiger partial charge in [0.25, 0.3) is 0 Å². The first-order valence-corrected chi connectivity index (χ1v) is 5.60. The van der Waals surface area contributed by atoms with Crippen LogP contribution in [0.25, 0.3) is 11.1 Å². The molecule has 0 fully saturated rings. The minimum atomic E-state index is -0.783. The lowest BCUT2D eigenvalue weighted by Gasteiger charge is -2.09. The highest BCUT2D eigenvalue weighted by Crippen LogP contribution is 2.37. The van der Waals surface area contributed by atoms with Gasteiger partial charge in [-0.2, -0.15) is 0 Å². The van der Waals surface area contributed by atoms with E-state index < -0.39 is 11.6 Å². The first-order chi connectivity index (χ1) is 9.04. The highest BCUT2D eigenvalue weighted by molar-refractivity contribution is 6.35. The fourth-order valence-corrected chi connectivity index (χ4v) is 1.92. The van der Waals surface area contributed by atoms with Crippen molar-refractivity contribution >= 4 is 17.8 Å².